The molecule has 0 saturated carbocycles. The van der Waals surface area contributed by atoms with Crippen LogP contribution in [0.4, 0.5) is 0 Å². The first-order valence-corrected chi connectivity index (χ1v) is 5.24. The predicted octanol–water partition coefficient (Wildman–Crippen LogP) is 0.695. The number of carbonyl (C=O) groups excluding carboxylic acids is 1. The van der Waals surface area contributed by atoms with Gasteiger partial charge < -0.3 is 5.73 Å². The Morgan fingerprint density at radius 2 is 2.00 bits per heavy atom. The molecule has 1 atom stereocenters. The molecule has 0 unspecified atom stereocenters. The zero-order valence-corrected chi connectivity index (χ0v) is 9.66. The highest BCUT2D eigenvalue weighted by Crippen LogP contribution is 2.14. The summed E-state index contributed by atoms with van der Waals surface area (Å²) in [5.41, 5.74) is 7.19. The van der Waals surface area contributed by atoms with Crippen molar-refractivity contribution in [2.24, 2.45) is 5.73 Å². The standard InChI is InChI=1S/C11H13N5O/c1-7-3-5-9(6-4-7)11-13-15-16(14-11)8(2)10(12)17/h3-6,8H,1-2H3,(H2,12,17)/t8-/m0/s1. The van der Waals surface area contributed by atoms with Gasteiger partial charge in [0.25, 0.3) is 0 Å². The number of benzene rings is 1. The number of nitrogens with zero attached hydrogens (tertiary/aromatic N) is 4. The Bertz CT molecular complexity index is 531. The maximum absolute atomic E-state index is 11.0. The van der Waals surface area contributed by atoms with Gasteiger partial charge in [-0.05, 0) is 19.1 Å². The van der Waals surface area contributed by atoms with Crippen molar-refractivity contribution in [1.82, 2.24) is 20.2 Å². The van der Waals surface area contributed by atoms with Gasteiger partial charge in [0.15, 0.2) is 0 Å². The summed E-state index contributed by atoms with van der Waals surface area (Å²) >= 11 is 0. The zero-order chi connectivity index (χ0) is 12.4. The number of nitrogens with two attached hydrogens (primary N) is 1. The summed E-state index contributed by atoms with van der Waals surface area (Å²) in [5.74, 6) is -0.00374. The molecule has 1 aromatic heterocycles. The molecule has 0 radical (unpaired) electrons. The van der Waals surface area contributed by atoms with Gasteiger partial charge in [0, 0.05) is 5.56 Å². The number of hydrogen-bond donors (Lipinski definition) is 1. The fraction of sp³-hybridized carbons (Fsp3) is 0.273. The first kappa shape index (κ1) is 11.3. The third-order valence-electron chi connectivity index (χ3n) is 2.50. The van der Waals surface area contributed by atoms with Crippen molar-refractivity contribution in [3.63, 3.8) is 0 Å². The lowest BCUT2D eigenvalue weighted by molar-refractivity contribution is -0.121. The average Bonchev–Trinajstić information content (AvgIpc) is 2.78. The third-order valence-corrected chi connectivity index (χ3v) is 2.50. The summed E-state index contributed by atoms with van der Waals surface area (Å²) in [4.78, 5) is 12.2. The highest BCUT2D eigenvalue weighted by molar-refractivity contribution is 5.77. The molecule has 17 heavy (non-hydrogen) atoms. The topological polar surface area (TPSA) is 86.7 Å². The Balaban J connectivity index is 2.29. The molecule has 1 aromatic carbocycles. The minimum absolute atomic E-state index is 0.484. The van der Waals surface area contributed by atoms with Crippen LogP contribution >= 0.6 is 0 Å². The number of tetrazole rings is 1. The van der Waals surface area contributed by atoms with Crippen LogP contribution < -0.4 is 5.73 Å². The van der Waals surface area contributed by atoms with Crippen LogP contribution in [0.3, 0.4) is 0 Å². The van der Waals surface area contributed by atoms with E-state index in [4.69, 9.17) is 5.73 Å². The molecule has 0 fully saturated rings. The zero-order valence-electron chi connectivity index (χ0n) is 9.66. The third kappa shape index (κ3) is 2.30. The molecular formula is C11H13N5O. The van der Waals surface area contributed by atoms with Crippen molar-refractivity contribution in [3.8, 4) is 11.4 Å². The van der Waals surface area contributed by atoms with Gasteiger partial charge in [-0.25, -0.2) is 0 Å². The molecular weight excluding hydrogens is 218 g/mol. The second-order valence-electron chi connectivity index (χ2n) is 3.88. The first-order valence-electron chi connectivity index (χ1n) is 5.24. The second-order valence-corrected chi connectivity index (χ2v) is 3.88. The number of hydrogen-bond acceptors (Lipinski definition) is 4. The Labute approximate surface area is 98.4 Å². The van der Waals surface area contributed by atoms with Gasteiger partial charge in [0.05, 0.1) is 0 Å². The highest BCUT2D eigenvalue weighted by Gasteiger charge is 2.15. The number of rotatable bonds is 3. The molecule has 2 aromatic rings. The molecule has 2 N–H and O–H groups in total. The monoisotopic (exact) mass is 231 g/mol. The molecule has 1 heterocycles. The van der Waals surface area contributed by atoms with Crippen LogP contribution in [-0.4, -0.2) is 26.1 Å². The van der Waals surface area contributed by atoms with Crippen molar-refractivity contribution in [2.75, 3.05) is 0 Å². The van der Waals surface area contributed by atoms with Gasteiger partial charge in [-0.2, -0.15) is 4.80 Å². The number of primary amides is 1. The Kier molecular flexibility index (Phi) is 2.86. The molecule has 0 bridgehead atoms. The fourth-order valence-corrected chi connectivity index (χ4v) is 1.32. The van der Waals surface area contributed by atoms with Crippen LogP contribution in [-0.2, 0) is 4.79 Å². The van der Waals surface area contributed by atoms with Crippen LogP contribution in [0.1, 0.15) is 18.5 Å². The molecule has 6 nitrogen and oxygen atoms in total. The largest absolute Gasteiger partial charge is 0.368 e. The summed E-state index contributed by atoms with van der Waals surface area (Å²) in [6, 6.07) is 7.15. The van der Waals surface area contributed by atoms with Gasteiger partial charge in [-0.1, -0.05) is 29.8 Å². The van der Waals surface area contributed by atoms with E-state index in [-0.39, 0.29) is 0 Å². The van der Waals surface area contributed by atoms with Crippen LogP contribution in [0.25, 0.3) is 11.4 Å². The van der Waals surface area contributed by atoms with Crippen molar-refractivity contribution >= 4 is 5.91 Å². The van der Waals surface area contributed by atoms with E-state index in [9.17, 15) is 4.79 Å². The maximum Gasteiger partial charge on any atom is 0.243 e. The average molecular weight is 231 g/mol. The highest BCUT2D eigenvalue weighted by atomic mass is 16.1. The molecule has 2 rings (SSSR count). The summed E-state index contributed by atoms with van der Waals surface area (Å²) < 4.78 is 0. The first-order chi connectivity index (χ1) is 8.08. The molecule has 0 aliphatic carbocycles. The summed E-state index contributed by atoms with van der Waals surface area (Å²) in [6.45, 7) is 3.63. The normalized spacial score (nSPS) is 12.4. The molecule has 0 saturated heterocycles. The quantitative estimate of drug-likeness (QED) is 0.842. The van der Waals surface area contributed by atoms with Crippen molar-refractivity contribution < 1.29 is 4.79 Å². The van der Waals surface area contributed by atoms with E-state index in [2.05, 4.69) is 15.4 Å². The van der Waals surface area contributed by atoms with Crippen molar-refractivity contribution in [2.45, 2.75) is 19.9 Å². The number of carbonyl (C=O) groups is 1. The summed E-state index contributed by atoms with van der Waals surface area (Å²) in [5, 5.41) is 11.8. The van der Waals surface area contributed by atoms with E-state index in [1.54, 1.807) is 6.92 Å². The Morgan fingerprint density at radius 3 is 2.59 bits per heavy atom. The molecule has 6 heteroatoms. The van der Waals surface area contributed by atoms with E-state index < -0.39 is 11.9 Å². The lowest BCUT2D eigenvalue weighted by Gasteiger charge is -2.02. The minimum atomic E-state index is -0.596. The van der Waals surface area contributed by atoms with Crippen molar-refractivity contribution in [1.29, 1.82) is 0 Å². The maximum atomic E-state index is 11.0. The SMILES string of the molecule is Cc1ccc(-c2nnn([C@@H](C)C(N)=O)n2)cc1. The Morgan fingerprint density at radius 1 is 1.35 bits per heavy atom. The number of aryl methyl sites for hydroxylation is 1. The van der Waals surface area contributed by atoms with Gasteiger partial charge in [0.2, 0.25) is 11.7 Å². The smallest absolute Gasteiger partial charge is 0.243 e. The molecule has 0 aliphatic rings. The number of aromatic nitrogens is 4. The van der Waals surface area contributed by atoms with Crippen LogP contribution in [0.5, 0.6) is 0 Å². The predicted molar refractivity (Wildman–Crippen MR) is 61.9 cm³/mol. The van der Waals surface area contributed by atoms with Crippen LogP contribution in [0, 0.1) is 6.92 Å². The molecule has 88 valence electrons. The number of amides is 1. The van der Waals surface area contributed by atoms with E-state index in [1.165, 1.54) is 4.80 Å². The second kappa shape index (κ2) is 4.32. The fourth-order valence-electron chi connectivity index (χ4n) is 1.32. The molecule has 0 aliphatic heterocycles. The van der Waals surface area contributed by atoms with E-state index >= 15 is 0 Å². The van der Waals surface area contributed by atoms with Crippen molar-refractivity contribution in [3.05, 3.63) is 29.8 Å². The van der Waals surface area contributed by atoms with Gasteiger partial charge in [-0.15, -0.1) is 10.2 Å². The summed E-state index contributed by atoms with van der Waals surface area (Å²) in [7, 11) is 0. The lowest BCUT2D eigenvalue weighted by atomic mass is 10.1. The van der Waals surface area contributed by atoms with E-state index in [0.717, 1.165) is 11.1 Å². The molecule has 1 amide bonds. The summed E-state index contributed by atoms with van der Waals surface area (Å²) in [6.07, 6.45) is 0. The van der Waals surface area contributed by atoms with E-state index in [1.807, 2.05) is 31.2 Å². The van der Waals surface area contributed by atoms with Crippen LogP contribution in [0.15, 0.2) is 24.3 Å². The molecule has 0 spiro atoms. The minimum Gasteiger partial charge on any atom is -0.368 e. The van der Waals surface area contributed by atoms with Gasteiger partial charge in [-0.3, -0.25) is 4.79 Å². The van der Waals surface area contributed by atoms with Crippen LogP contribution in [0.2, 0.25) is 0 Å². The van der Waals surface area contributed by atoms with Gasteiger partial charge in [0.1, 0.15) is 6.04 Å². The Hall–Kier alpha value is -2.24. The van der Waals surface area contributed by atoms with E-state index in [0.29, 0.717) is 5.82 Å². The van der Waals surface area contributed by atoms with Gasteiger partial charge >= 0.3 is 0 Å². The lowest BCUT2D eigenvalue weighted by Crippen LogP contribution is -2.25.